The minimum absolute atomic E-state index is 0.153. The van der Waals surface area contributed by atoms with E-state index in [1.165, 1.54) is 43.3 Å². The first-order valence-electron chi connectivity index (χ1n) is 12.8. The second-order valence-corrected chi connectivity index (χ2v) is 9.84. The lowest BCUT2D eigenvalue weighted by Gasteiger charge is -2.50. The summed E-state index contributed by atoms with van der Waals surface area (Å²) in [5.41, 5.74) is 3.78. The Morgan fingerprint density at radius 1 is 0.897 bits per heavy atom. The minimum Gasteiger partial charge on any atom is -0.388 e. The molecule has 4 aromatic rings. The fraction of sp³-hybridized carbons (Fsp3) is 0.188. The van der Waals surface area contributed by atoms with Gasteiger partial charge in [-0.3, -0.25) is 9.59 Å². The third kappa shape index (κ3) is 5.31. The third-order valence-electron chi connectivity index (χ3n) is 7.30. The molecular weight excluding hydrogens is 498 g/mol. The average Bonchev–Trinajstić information content (AvgIpc) is 2.92. The maximum Gasteiger partial charge on any atom is 0.227 e. The topological polar surface area (TPSA) is 78.4 Å². The maximum absolute atomic E-state index is 13.8. The lowest BCUT2D eigenvalue weighted by molar-refractivity contribution is -0.140. The van der Waals surface area contributed by atoms with Crippen LogP contribution in [0.4, 0.5) is 14.5 Å². The van der Waals surface area contributed by atoms with E-state index in [4.69, 9.17) is 0 Å². The highest BCUT2D eigenvalue weighted by Crippen LogP contribution is 2.47. The Morgan fingerprint density at radius 2 is 1.49 bits per heavy atom. The Bertz CT molecular complexity index is 1490. The SMILES string of the molecule is CC(=O)Nc1cccc(-c2ccc([C@@]3(c4ccc(F)cc4)NC(=O)[C@@H]3CC[C@H](O)c3ccc(F)cc3)cc2)c1. The largest absolute Gasteiger partial charge is 0.388 e. The molecule has 2 amide bonds. The van der Waals surface area contributed by atoms with Gasteiger partial charge < -0.3 is 15.7 Å². The number of amides is 2. The number of aliphatic hydroxyl groups excluding tert-OH is 1. The number of benzene rings is 4. The summed E-state index contributed by atoms with van der Waals surface area (Å²) in [5.74, 6) is -1.58. The molecule has 198 valence electrons. The summed E-state index contributed by atoms with van der Waals surface area (Å²) in [6, 6.07) is 27.0. The van der Waals surface area contributed by atoms with Crippen LogP contribution in [0.1, 0.15) is 42.6 Å². The summed E-state index contributed by atoms with van der Waals surface area (Å²) in [6.07, 6.45) is -0.202. The number of halogens is 2. The van der Waals surface area contributed by atoms with Crippen molar-refractivity contribution >= 4 is 17.5 Å². The second-order valence-electron chi connectivity index (χ2n) is 9.84. The van der Waals surface area contributed by atoms with E-state index in [2.05, 4.69) is 10.6 Å². The number of hydrogen-bond donors (Lipinski definition) is 3. The van der Waals surface area contributed by atoms with Gasteiger partial charge in [0, 0.05) is 12.6 Å². The molecule has 0 bridgehead atoms. The second kappa shape index (κ2) is 10.8. The maximum atomic E-state index is 13.8. The number of anilines is 1. The van der Waals surface area contributed by atoms with Crippen LogP contribution in [0, 0.1) is 17.6 Å². The molecular formula is C32H28F2N2O3. The first kappa shape index (κ1) is 26.3. The first-order valence-corrected chi connectivity index (χ1v) is 12.8. The van der Waals surface area contributed by atoms with Crippen LogP contribution in [0.25, 0.3) is 11.1 Å². The van der Waals surface area contributed by atoms with E-state index in [1.54, 1.807) is 12.1 Å². The molecule has 1 heterocycles. The molecule has 0 aromatic heterocycles. The summed E-state index contributed by atoms with van der Waals surface area (Å²) in [7, 11) is 0. The number of β-lactam (4-membered cyclic amide) rings is 1. The average molecular weight is 527 g/mol. The lowest BCUT2D eigenvalue weighted by atomic mass is 9.64. The Labute approximate surface area is 225 Å². The van der Waals surface area contributed by atoms with Gasteiger partial charge >= 0.3 is 0 Å². The van der Waals surface area contributed by atoms with Gasteiger partial charge in [-0.05, 0) is 77.1 Å². The molecule has 5 rings (SSSR count). The Kier molecular flexibility index (Phi) is 7.26. The van der Waals surface area contributed by atoms with Crippen molar-refractivity contribution in [2.24, 2.45) is 5.92 Å². The molecule has 7 heteroatoms. The van der Waals surface area contributed by atoms with Crippen LogP contribution in [0.3, 0.4) is 0 Å². The molecule has 0 aliphatic carbocycles. The zero-order valence-corrected chi connectivity index (χ0v) is 21.3. The van der Waals surface area contributed by atoms with Crippen LogP contribution in [0.2, 0.25) is 0 Å². The molecule has 1 fully saturated rings. The number of rotatable bonds is 8. The van der Waals surface area contributed by atoms with Crippen LogP contribution < -0.4 is 10.6 Å². The van der Waals surface area contributed by atoms with E-state index in [0.717, 1.165) is 22.3 Å². The van der Waals surface area contributed by atoms with Gasteiger partial charge in [0.05, 0.1) is 12.0 Å². The van der Waals surface area contributed by atoms with Crippen LogP contribution in [-0.2, 0) is 15.1 Å². The molecule has 3 N–H and O–H groups in total. The van der Waals surface area contributed by atoms with Crippen LogP contribution >= 0.6 is 0 Å². The van der Waals surface area contributed by atoms with Gasteiger partial charge in [0.2, 0.25) is 11.8 Å². The lowest BCUT2D eigenvalue weighted by Crippen LogP contribution is -2.67. The van der Waals surface area contributed by atoms with E-state index in [1.807, 2.05) is 48.5 Å². The summed E-state index contributed by atoms with van der Waals surface area (Å²) in [4.78, 5) is 24.4. The molecule has 0 spiro atoms. The predicted octanol–water partition coefficient (Wildman–Crippen LogP) is 6.09. The standard InChI is InChI=1S/C32H28F2N2O3/c1-20(37)35-28-4-2-3-23(19-28)21-5-9-24(10-6-21)32(25-11-15-27(34)16-12-25)29(31(39)36-32)17-18-30(38)22-7-13-26(33)14-8-22/h2-16,19,29-30,38H,17-18H2,1H3,(H,35,37)(H,36,39)/t29-,30-,32-/m0/s1. The molecule has 0 saturated carbocycles. The smallest absolute Gasteiger partial charge is 0.227 e. The molecule has 1 aliphatic heterocycles. The number of hydrogen-bond acceptors (Lipinski definition) is 3. The van der Waals surface area contributed by atoms with Gasteiger partial charge in [0.25, 0.3) is 0 Å². The number of aliphatic hydroxyl groups is 1. The van der Waals surface area contributed by atoms with Gasteiger partial charge in [-0.15, -0.1) is 0 Å². The highest BCUT2D eigenvalue weighted by molar-refractivity contribution is 5.91. The Morgan fingerprint density at radius 3 is 2.08 bits per heavy atom. The Balaban J connectivity index is 1.45. The summed E-state index contributed by atoms with van der Waals surface area (Å²) in [6.45, 7) is 1.46. The van der Waals surface area contributed by atoms with Crippen molar-refractivity contribution in [3.8, 4) is 11.1 Å². The van der Waals surface area contributed by atoms with E-state index in [-0.39, 0.29) is 23.4 Å². The molecule has 1 aliphatic rings. The van der Waals surface area contributed by atoms with Crippen molar-refractivity contribution in [1.29, 1.82) is 0 Å². The summed E-state index contributed by atoms with van der Waals surface area (Å²) >= 11 is 0. The van der Waals surface area contributed by atoms with E-state index >= 15 is 0 Å². The fourth-order valence-corrected chi connectivity index (χ4v) is 5.34. The van der Waals surface area contributed by atoms with E-state index in [9.17, 15) is 23.5 Å². The molecule has 3 atom stereocenters. The normalized spacial score (nSPS) is 19.1. The van der Waals surface area contributed by atoms with Gasteiger partial charge in [0.1, 0.15) is 17.2 Å². The van der Waals surface area contributed by atoms with Gasteiger partial charge in [-0.2, -0.15) is 0 Å². The summed E-state index contributed by atoms with van der Waals surface area (Å²) in [5, 5.41) is 16.6. The molecule has 0 unspecified atom stereocenters. The van der Waals surface area contributed by atoms with Crippen molar-refractivity contribution in [1.82, 2.24) is 5.32 Å². The van der Waals surface area contributed by atoms with E-state index < -0.39 is 17.6 Å². The molecule has 4 aromatic carbocycles. The van der Waals surface area contributed by atoms with Crippen molar-refractivity contribution < 1.29 is 23.5 Å². The zero-order chi connectivity index (χ0) is 27.6. The number of carbonyl (C=O) groups excluding carboxylic acids is 2. The van der Waals surface area contributed by atoms with Crippen LogP contribution in [-0.4, -0.2) is 16.9 Å². The molecule has 0 radical (unpaired) electrons. The van der Waals surface area contributed by atoms with Crippen LogP contribution in [0.15, 0.2) is 97.1 Å². The third-order valence-corrected chi connectivity index (χ3v) is 7.30. The Hall–Kier alpha value is -4.36. The van der Waals surface area contributed by atoms with E-state index in [0.29, 0.717) is 24.1 Å². The highest BCUT2D eigenvalue weighted by atomic mass is 19.1. The highest BCUT2D eigenvalue weighted by Gasteiger charge is 2.55. The minimum atomic E-state index is -0.899. The molecule has 1 saturated heterocycles. The first-order chi connectivity index (χ1) is 18.8. The van der Waals surface area contributed by atoms with Crippen molar-refractivity contribution in [2.45, 2.75) is 31.4 Å². The van der Waals surface area contributed by atoms with Crippen molar-refractivity contribution in [3.05, 3.63) is 125 Å². The zero-order valence-electron chi connectivity index (χ0n) is 21.3. The summed E-state index contributed by atoms with van der Waals surface area (Å²) < 4.78 is 27.1. The molecule has 39 heavy (non-hydrogen) atoms. The van der Waals surface area contributed by atoms with Crippen LogP contribution in [0.5, 0.6) is 0 Å². The fourth-order valence-electron chi connectivity index (χ4n) is 5.34. The quantitative estimate of drug-likeness (QED) is 0.243. The molecule has 5 nitrogen and oxygen atoms in total. The van der Waals surface area contributed by atoms with Crippen molar-refractivity contribution in [2.75, 3.05) is 5.32 Å². The van der Waals surface area contributed by atoms with Gasteiger partial charge in [-0.1, -0.05) is 60.7 Å². The van der Waals surface area contributed by atoms with Gasteiger partial charge in [-0.25, -0.2) is 8.78 Å². The predicted molar refractivity (Wildman–Crippen MR) is 146 cm³/mol. The number of nitrogens with one attached hydrogen (secondary N) is 2. The number of carbonyl (C=O) groups is 2. The van der Waals surface area contributed by atoms with Gasteiger partial charge in [0.15, 0.2) is 0 Å². The monoisotopic (exact) mass is 526 g/mol. The van der Waals surface area contributed by atoms with Crippen molar-refractivity contribution in [3.63, 3.8) is 0 Å².